The highest BCUT2D eigenvalue weighted by Crippen LogP contribution is 2.37. The van der Waals surface area contributed by atoms with Gasteiger partial charge >= 0.3 is 17.9 Å². The first-order valence-corrected chi connectivity index (χ1v) is 10.7. The summed E-state index contributed by atoms with van der Waals surface area (Å²) in [6.07, 6.45) is 14.9. The van der Waals surface area contributed by atoms with Crippen LogP contribution in [0.2, 0.25) is 0 Å². The Balaban J connectivity index is 0.000000568. The number of ether oxygens (including phenoxy) is 1. The highest BCUT2D eigenvalue weighted by Gasteiger charge is 2.41. The molecule has 1 unspecified atom stereocenters. The van der Waals surface area contributed by atoms with Gasteiger partial charge in [0.1, 0.15) is 0 Å². The molecular formula is C21H37NO6. The van der Waals surface area contributed by atoms with Crippen molar-refractivity contribution in [3.05, 3.63) is 0 Å². The van der Waals surface area contributed by atoms with Crippen molar-refractivity contribution < 1.29 is 29.3 Å². The molecule has 0 amide bonds. The smallest absolute Gasteiger partial charge is 0.414 e. The number of carboxylic acids is 2. The van der Waals surface area contributed by atoms with Crippen molar-refractivity contribution in [3.8, 4) is 0 Å². The number of aliphatic carboxylic acids is 2. The first-order chi connectivity index (χ1) is 13.4. The first kappa shape index (κ1) is 24.4. The zero-order chi connectivity index (χ0) is 20.9. The number of carbonyl (C=O) groups is 3. The van der Waals surface area contributed by atoms with Crippen LogP contribution in [0.3, 0.4) is 0 Å². The highest BCUT2D eigenvalue weighted by molar-refractivity contribution is 6.27. The number of esters is 1. The lowest BCUT2D eigenvalue weighted by Crippen LogP contribution is -2.42. The van der Waals surface area contributed by atoms with E-state index in [0.717, 1.165) is 19.3 Å². The molecule has 2 aliphatic heterocycles. The van der Waals surface area contributed by atoms with Gasteiger partial charge in [0, 0.05) is 12.1 Å². The molecule has 2 aliphatic rings. The van der Waals surface area contributed by atoms with E-state index in [1.165, 1.54) is 57.8 Å². The minimum atomic E-state index is -1.82. The van der Waals surface area contributed by atoms with Gasteiger partial charge in [0.25, 0.3) is 0 Å². The number of nitrogens with zero attached hydrogens (tertiary/aromatic N) is 1. The lowest BCUT2D eigenvalue weighted by Gasteiger charge is -2.35. The monoisotopic (exact) mass is 399 g/mol. The Bertz CT molecular complexity index is 469. The van der Waals surface area contributed by atoms with Gasteiger partial charge in [-0.1, -0.05) is 51.9 Å². The van der Waals surface area contributed by atoms with Crippen molar-refractivity contribution in [1.82, 2.24) is 4.90 Å². The van der Waals surface area contributed by atoms with Crippen molar-refractivity contribution in [2.24, 2.45) is 5.92 Å². The van der Waals surface area contributed by atoms with Crippen molar-refractivity contribution >= 4 is 17.9 Å². The van der Waals surface area contributed by atoms with Crippen molar-refractivity contribution in [2.45, 2.75) is 96.1 Å². The van der Waals surface area contributed by atoms with Crippen LogP contribution in [0, 0.1) is 5.92 Å². The maximum atomic E-state index is 12.2. The fourth-order valence-electron chi connectivity index (χ4n) is 4.13. The Morgan fingerprint density at radius 1 is 0.857 bits per heavy atom. The van der Waals surface area contributed by atoms with Gasteiger partial charge in [0.05, 0.1) is 12.5 Å². The van der Waals surface area contributed by atoms with Crippen LogP contribution in [0.5, 0.6) is 0 Å². The predicted octanol–water partition coefficient (Wildman–Crippen LogP) is 3.70. The van der Waals surface area contributed by atoms with Crippen LogP contribution >= 0.6 is 0 Å². The molecule has 162 valence electrons. The molecule has 2 heterocycles. The number of piperidine rings is 1. The van der Waals surface area contributed by atoms with Crippen LogP contribution in [-0.2, 0) is 19.1 Å². The topological polar surface area (TPSA) is 104 Å². The molecule has 2 fully saturated rings. The van der Waals surface area contributed by atoms with Crippen molar-refractivity contribution in [1.29, 1.82) is 0 Å². The fraction of sp³-hybridized carbons (Fsp3) is 0.857. The van der Waals surface area contributed by atoms with Gasteiger partial charge in [-0.15, -0.1) is 0 Å². The standard InChI is InChI=1S/C19H35NO2.C2H2O4/c1-3-4-5-6-7-8-9-10-13-22-19(21)16-14-17-11-12-18(15-16)20(17)2;3-1(4)2(5)6/h16-18H,3-15H2,1-2H3;(H,3,4)(H,5,6)/t16?,17-,18+;. The number of unbranched alkanes of at least 4 members (excludes halogenated alkanes) is 7. The summed E-state index contributed by atoms with van der Waals surface area (Å²) in [5.41, 5.74) is 0. The summed E-state index contributed by atoms with van der Waals surface area (Å²) >= 11 is 0. The number of hydrogen-bond donors (Lipinski definition) is 2. The van der Waals surface area contributed by atoms with E-state index < -0.39 is 11.9 Å². The van der Waals surface area contributed by atoms with Gasteiger partial charge in [0.15, 0.2) is 0 Å². The lowest BCUT2D eigenvalue weighted by molar-refractivity contribution is -0.159. The molecule has 0 aromatic heterocycles. The van der Waals surface area contributed by atoms with E-state index in [-0.39, 0.29) is 11.9 Å². The van der Waals surface area contributed by atoms with Crippen molar-refractivity contribution in [3.63, 3.8) is 0 Å². The summed E-state index contributed by atoms with van der Waals surface area (Å²) < 4.78 is 5.53. The summed E-state index contributed by atoms with van der Waals surface area (Å²) in [4.78, 5) is 32.9. The van der Waals surface area contributed by atoms with Crippen LogP contribution in [0.1, 0.15) is 84.0 Å². The third kappa shape index (κ3) is 9.04. The summed E-state index contributed by atoms with van der Waals surface area (Å²) in [6, 6.07) is 1.25. The molecule has 2 N–H and O–H groups in total. The van der Waals surface area contributed by atoms with Gasteiger partial charge in [-0.3, -0.25) is 4.79 Å². The molecule has 0 spiro atoms. The number of hydrogen-bond acceptors (Lipinski definition) is 5. The second-order valence-electron chi connectivity index (χ2n) is 7.97. The minimum Gasteiger partial charge on any atom is -0.473 e. The second-order valence-corrected chi connectivity index (χ2v) is 7.97. The van der Waals surface area contributed by atoms with Gasteiger partial charge < -0.3 is 19.8 Å². The Kier molecular flexibility index (Phi) is 11.8. The Morgan fingerprint density at radius 2 is 1.32 bits per heavy atom. The fourth-order valence-corrected chi connectivity index (χ4v) is 4.13. The summed E-state index contributed by atoms with van der Waals surface area (Å²) in [5, 5.41) is 14.8. The average molecular weight is 400 g/mol. The molecule has 3 atom stereocenters. The minimum absolute atomic E-state index is 0.0768. The van der Waals surface area contributed by atoms with E-state index in [2.05, 4.69) is 18.9 Å². The Hall–Kier alpha value is -1.63. The van der Waals surface area contributed by atoms with Crippen LogP contribution in [0.25, 0.3) is 0 Å². The van der Waals surface area contributed by atoms with Gasteiger partial charge in [0.2, 0.25) is 0 Å². The summed E-state index contributed by atoms with van der Waals surface area (Å²) in [6.45, 7) is 2.89. The number of carbonyl (C=O) groups excluding carboxylic acids is 1. The van der Waals surface area contributed by atoms with E-state index in [1.807, 2.05) is 0 Å². The molecule has 2 saturated heterocycles. The largest absolute Gasteiger partial charge is 0.473 e. The Labute approximate surface area is 168 Å². The molecule has 0 aromatic rings. The third-order valence-electron chi connectivity index (χ3n) is 5.86. The maximum absolute atomic E-state index is 12.2. The van der Waals surface area contributed by atoms with E-state index in [9.17, 15) is 4.79 Å². The van der Waals surface area contributed by atoms with Crippen LogP contribution in [-0.4, -0.2) is 58.8 Å². The summed E-state index contributed by atoms with van der Waals surface area (Å²) in [5.74, 6) is -3.40. The van der Waals surface area contributed by atoms with Crippen LogP contribution < -0.4 is 0 Å². The van der Waals surface area contributed by atoms with Crippen molar-refractivity contribution in [2.75, 3.05) is 13.7 Å². The van der Waals surface area contributed by atoms with Gasteiger partial charge in [-0.05, 0) is 39.2 Å². The quantitative estimate of drug-likeness (QED) is 0.328. The van der Waals surface area contributed by atoms with E-state index in [0.29, 0.717) is 18.7 Å². The van der Waals surface area contributed by atoms with E-state index >= 15 is 0 Å². The molecule has 0 aliphatic carbocycles. The maximum Gasteiger partial charge on any atom is 0.414 e. The molecule has 0 aromatic carbocycles. The zero-order valence-corrected chi connectivity index (χ0v) is 17.4. The highest BCUT2D eigenvalue weighted by atomic mass is 16.5. The Morgan fingerprint density at radius 3 is 1.79 bits per heavy atom. The van der Waals surface area contributed by atoms with E-state index in [1.54, 1.807) is 0 Å². The molecule has 2 bridgehead atoms. The lowest BCUT2D eigenvalue weighted by atomic mass is 9.91. The number of fused-ring (bicyclic) bond motifs is 2. The molecule has 2 rings (SSSR count). The molecule has 0 saturated carbocycles. The number of carboxylic acid groups (broad SMARTS) is 2. The second kappa shape index (κ2) is 13.5. The number of rotatable bonds is 10. The van der Waals surface area contributed by atoms with Gasteiger partial charge in [-0.25, -0.2) is 9.59 Å². The molecule has 7 nitrogen and oxygen atoms in total. The summed E-state index contributed by atoms with van der Waals surface area (Å²) in [7, 11) is 2.21. The molecule has 7 heteroatoms. The van der Waals surface area contributed by atoms with E-state index in [4.69, 9.17) is 24.5 Å². The van der Waals surface area contributed by atoms with Crippen LogP contribution in [0.4, 0.5) is 0 Å². The third-order valence-corrected chi connectivity index (χ3v) is 5.86. The molecule has 0 radical (unpaired) electrons. The predicted molar refractivity (Wildman–Crippen MR) is 106 cm³/mol. The average Bonchev–Trinajstić information content (AvgIpc) is 2.86. The van der Waals surface area contributed by atoms with Gasteiger partial charge in [-0.2, -0.15) is 0 Å². The molecular weight excluding hydrogens is 362 g/mol. The SMILES string of the molecule is CCCCCCCCCCOC(=O)C1C[C@H]2CC[C@@H](C1)N2C.O=C(O)C(=O)O. The van der Waals surface area contributed by atoms with Crippen LogP contribution in [0.15, 0.2) is 0 Å². The zero-order valence-electron chi connectivity index (χ0n) is 17.4. The molecule has 28 heavy (non-hydrogen) atoms. The normalized spacial score (nSPS) is 23.6. The first-order valence-electron chi connectivity index (χ1n) is 10.7.